The summed E-state index contributed by atoms with van der Waals surface area (Å²) in [7, 11) is 0. The Morgan fingerprint density at radius 1 is 1.33 bits per heavy atom. The molecule has 0 saturated carbocycles. The minimum Gasteiger partial charge on any atom is -0.381 e. The zero-order valence-corrected chi connectivity index (χ0v) is 11.0. The number of piperazine rings is 1. The van der Waals surface area contributed by atoms with Crippen molar-refractivity contribution in [3.8, 4) is 0 Å². The first kappa shape index (κ1) is 11.9. The van der Waals surface area contributed by atoms with Gasteiger partial charge in [0.15, 0.2) is 0 Å². The Balaban J connectivity index is 1.91. The van der Waals surface area contributed by atoms with Gasteiger partial charge in [-0.25, -0.2) is 4.98 Å². The quantitative estimate of drug-likeness (QED) is 0.855. The van der Waals surface area contributed by atoms with E-state index in [0.29, 0.717) is 5.92 Å². The Morgan fingerprint density at radius 2 is 2.17 bits per heavy atom. The molecule has 0 unspecified atom stereocenters. The molecule has 2 aliphatic heterocycles. The van der Waals surface area contributed by atoms with Crippen molar-refractivity contribution in [2.45, 2.75) is 19.3 Å². The van der Waals surface area contributed by atoms with E-state index in [2.05, 4.69) is 29.3 Å². The van der Waals surface area contributed by atoms with Gasteiger partial charge in [-0.2, -0.15) is 0 Å². The molecule has 0 bridgehead atoms. The number of pyridine rings is 1. The fourth-order valence-corrected chi connectivity index (χ4v) is 2.78. The average Bonchev–Trinajstić information content (AvgIpc) is 2.93. The minimum absolute atomic E-state index is 0.531. The zero-order chi connectivity index (χ0) is 12.4. The Hall–Kier alpha value is -1.13. The highest BCUT2D eigenvalue weighted by molar-refractivity contribution is 5.50. The van der Waals surface area contributed by atoms with Gasteiger partial charge >= 0.3 is 0 Å². The number of hydrogen-bond acceptors (Lipinski definition) is 4. The topological polar surface area (TPSA) is 37.4 Å². The van der Waals surface area contributed by atoms with Gasteiger partial charge in [-0.1, -0.05) is 6.07 Å². The van der Waals surface area contributed by atoms with Crippen molar-refractivity contribution in [1.82, 2.24) is 10.3 Å². The van der Waals surface area contributed by atoms with Crippen LogP contribution in [0.5, 0.6) is 0 Å². The SMILES string of the molecule is Cc1ccc([C@@H]2CCOC2)c(N2CCNCC2)n1. The lowest BCUT2D eigenvalue weighted by atomic mass is 9.98. The highest BCUT2D eigenvalue weighted by atomic mass is 16.5. The van der Waals surface area contributed by atoms with Crippen LogP contribution < -0.4 is 10.2 Å². The first-order chi connectivity index (χ1) is 8.84. The minimum atomic E-state index is 0.531. The second-order valence-electron chi connectivity index (χ2n) is 5.16. The molecule has 0 amide bonds. The van der Waals surface area contributed by atoms with Crippen LogP contribution in [0, 0.1) is 6.92 Å². The Kier molecular flexibility index (Phi) is 3.48. The molecule has 98 valence electrons. The normalized spacial score (nSPS) is 24.5. The Bertz CT molecular complexity index is 410. The number of nitrogens with zero attached hydrogens (tertiary/aromatic N) is 2. The molecule has 1 aromatic heterocycles. The van der Waals surface area contributed by atoms with Gasteiger partial charge in [0, 0.05) is 50.0 Å². The fourth-order valence-electron chi connectivity index (χ4n) is 2.78. The number of aryl methyl sites for hydroxylation is 1. The van der Waals surface area contributed by atoms with Crippen LogP contribution in [0.3, 0.4) is 0 Å². The molecule has 0 aromatic carbocycles. The Labute approximate surface area is 108 Å². The van der Waals surface area contributed by atoms with Crippen LogP contribution in [-0.2, 0) is 4.74 Å². The summed E-state index contributed by atoms with van der Waals surface area (Å²) in [6, 6.07) is 4.37. The molecule has 0 spiro atoms. The van der Waals surface area contributed by atoms with Gasteiger partial charge in [-0.05, 0) is 19.4 Å². The summed E-state index contributed by atoms with van der Waals surface area (Å²) in [5.74, 6) is 1.72. The van der Waals surface area contributed by atoms with Crippen molar-refractivity contribution in [2.75, 3.05) is 44.3 Å². The van der Waals surface area contributed by atoms with E-state index >= 15 is 0 Å². The highest BCUT2D eigenvalue weighted by Crippen LogP contribution is 2.32. The van der Waals surface area contributed by atoms with Crippen LogP contribution >= 0.6 is 0 Å². The predicted octanol–water partition coefficient (Wildman–Crippen LogP) is 1.30. The summed E-state index contributed by atoms with van der Waals surface area (Å²) in [5.41, 5.74) is 2.48. The summed E-state index contributed by atoms with van der Waals surface area (Å²) >= 11 is 0. The maximum atomic E-state index is 5.53. The molecule has 4 heteroatoms. The van der Waals surface area contributed by atoms with Crippen molar-refractivity contribution >= 4 is 5.82 Å². The molecule has 0 radical (unpaired) electrons. The van der Waals surface area contributed by atoms with E-state index in [-0.39, 0.29) is 0 Å². The molecule has 3 rings (SSSR count). The molecular weight excluding hydrogens is 226 g/mol. The van der Waals surface area contributed by atoms with Crippen LogP contribution in [0.4, 0.5) is 5.82 Å². The highest BCUT2D eigenvalue weighted by Gasteiger charge is 2.24. The van der Waals surface area contributed by atoms with Crippen molar-refractivity contribution in [3.05, 3.63) is 23.4 Å². The number of hydrogen-bond donors (Lipinski definition) is 1. The molecule has 4 nitrogen and oxygen atoms in total. The van der Waals surface area contributed by atoms with Crippen LogP contribution in [-0.4, -0.2) is 44.4 Å². The van der Waals surface area contributed by atoms with E-state index in [1.54, 1.807) is 0 Å². The second-order valence-corrected chi connectivity index (χ2v) is 5.16. The van der Waals surface area contributed by atoms with Crippen molar-refractivity contribution < 1.29 is 4.74 Å². The number of aromatic nitrogens is 1. The van der Waals surface area contributed by atoms with Gasteiger partial charge in [0.2, 0.25) is 0 Å². The molecule has 1 N–H and O–H groups in total. The fraction of sp³-hybridized carbons (Fsp3) is 0.643. The van der Waals surface area contributed by atoms with E-state index in [1.165, 1.54) is 11.4 Å². The third-order valence-corrected chi connectivity index (χ3v) is 3.83. The summed E-state index contributed by atoms with van der Waals surface area (Å²) in [6.45, 7) is 8.02. The monoisotopic (exact) mass is 247 g/mol. The Morgan fingerprint density at radius 3 is 2.89 bits per heavy atom. The third-order valence-electron chi connectivity index (χ3n) is 3.83. The molecule has 1 atom stereocenters. The van der Waals surface area contributed by atoms with Gasteiger partial charge in [-0.3, -0.25) is 0 Å². The van der Waals surface area contributed by atoms with Crippen LogP contribution in [0.2, 0.25) is 0 Å². The third kappa shape index (κ3) is 2.35. The van der Waals surface area contributed by atoms with E-state index in [1.807, 2.05) is 0 Å². The van der Waals surface area contributed by atoms with Gasteiger partial charge in [0.25, 0.3) is 0 Å². The summed E-state index contributed by atoms with van der Waals surface area (Å²) in [4.78, 5) is 7.20. The smallest absolute Gasteiger partial charge is 0.132 e. The molecule has 3 heterocycles. The summed E-state index contributed by atoms with van der Waals surface area (Å²) in [5, 5.41) is 3.39. The molecule has 2 fully saturated rings. The van der Waals surface area contributed by atoms with Crippen LogP contribution in [0.25, 0.3) is 0 Å². The van der Waals surface area contributed by atoms with Gasteiger partial charge < -0.3 is 15.0 Å². The molecule has 1 aromatic rings. The number of anilines is 1. The lowest BCUT2D eigenvalue weighted by Gasteiger charge is -2.31. The van der Waals surface area contributed by atoms with Gasteiger partial charge in [-0.15, -0.1) is 0 Å². The first-order valence-electron chi connectivity index (χ1n) is 6.85. The molecule has 2 aliphatic rings. The number of nitrogens with one attached hydrogen (secondary N) is 1. The standard InChI is InChI=1S/C14H21N3O/c1-11-2-3-13(12-4-9-18-10-12)14(16-11)17-7-5-15-6-8-17/h2-3,12,15H,4-10H2,1H3/t12-/m1/s1. The van der Waals surface area contributed by atoms with E-state index in [4.69, 9.17) is 9.72 Å². The lowest BCUT2D eigenvalue weighted by molar-refractivity contribution is 0.194. The zero-order valence-electron chi connectivity index (χ0n) is 11.0. The number of ether oxygens (including phenoxy) is 1. The van der Waals surface area contributed by atoms with Crippen LogP contribution in [0.15, 0.2) is 12.1 Å². The maximum Gasteiger partial charge on any atom is 0.132 e. The second kappa shape index (κ2) is 5.24. The predicted molar refractivity (Wildman–Crippen MR) is 72.2 cm³/mol. The largest absolute Gasteiger partial charge is 0.381 e. The van der Waals surface area contributed by atoms with Gasteiger partial charge in [0.05, 0.1) is 6.61 Å². The van der Waals surface area contributed by atoms with E-state index in [0.717, 1.165) is 51.5 Å². The first-order valence-corrected chi connectivity index (χ1v) is 6.85. The van der Waals surface area contributed by atoms with E-state index in [9.17, 15) is 0 Å². The maximum absolute atomic E-state index is 5.53. The lowest BCUT2D eigenvalue weighted by Crippen LogP contribution is -2.44. The molecule has 2 saturated heterocycles. The average molecular weight is 247 g/mol. The van der Waals surface area contributed by atoms with Crippen molar-refractivity contribution in [2.24, 2.45) is 0 Å². The molecule has 0 aliphatic carbocycles. The van der Waals surface area contributed by atoms with Gasteiger partial charge in [0.1, 0.15) is 5.82 Å². The molecule has 18 heavy (non-hydrogen) atoms. The van der Waals surface area contributed by atoms with Crippen molar-refractivity contribution in [3.63, 3.8) is 0 Å². The van der Waals surface area contributed by atoms with E-state index < -0.39 is 0 Å². The van der Waals surface area contributed by atoms with Crippen LogP contribution in [0.1, 0.15) is 23.6 Å². The summed E-state index contributed by atoms with van der Waals surface area (Å²) < 4.78 is 5.53. The molecular formula is C14H21N3O. The number of rotatable bonds is 2. The summed E-state index contributed by atoms with van der Waals surface area (Å²) in [6.07, 6.45) is 1.13. The van der Waals surface area contributed by atoms with Crippen molar-refractivity contribution in [1.29, 1.82) is 0 Å².